The molecule has 20 heavy (non-hydrogen) atoms. The number of ether oxygens (including phenoxy) is 3. The third-order valence-corrected chi connectivity index (χ3v) is 3.02. The Balaban J connectivity index is 3.15. The lowest BCUT2D eigenvalue weighted by Crippen LogP contribution is -2.20. The summed E-state index contributed by atoms with van der Waals surface area (Å²) in [4.78, 5) is 15.0. The Bertz CT molecular complexity index is 493. The molecular weight excluding hydrogens is 394 g/mol. The van der Waals surface area contributed by atoms with Crippen LogP contribution in [0.1, 0.15) is 12.5 Å². The van der Waals surface area contributed by atoms with Crippen molar-refractivity contribution >= 4 is 28.6 Å². The summed E-state index contributed by atoms with van der Waals surface area (Å²) in [5.74, 6) is -1.42. The number of rotatable bonds is 5. The van der Waals surface area contributed by atoms with Gasteiger partial charge in [0.2, 0.25) is 11.8 Å². The molecule has 0 amide bonds. The van der Waals surface area contributed by atoms with Crippen LogP contribution in [0.25, 0.3) is 0 Å². The third kappa shape index (κ3) is 5.02. The summed E-state index contributed by atoms with van der Waals surface area (Å²) in [6.07, 6.45) is -5.28. The Morgan fingerprint density at radius 2 is 2.10 bits per heavy atom. The quantitative estimate of drug-likeness (QED) is 0.557. The summed E-state index contributed by atoms with van der Waals surface area (Å²) >= 11 is 1.77. The van der Waals surface area contributed by atoms with Crippen LogP contribution in [0.3, 0.4) is 0 Å². The van der Waals surface area contributed by atoms with E-state index in [1.807, 2.05) is 0 Å². The van der Waals surface area contributed by atoms with Crippen molar-refractivity contribution in [3.8, 4) is 11.8 Å². The summed E-state index contributed by atoms with van der Waals surface area (Å²) in [6, 6.07) is 1.40. The van der Waals surface area contributed by atoms with Gasteiger partial charge in [-0.05, 0) is 29.5 Å². The van der Waals surface area contributed by atoms with Crippen molar-refractivity contribution in [2.24, 2.45) is 0 Å². The molecule has 0 saturated heterocycles. The van der Waals surface area contributed by atoms with Crippen LogP contribution in [-0.4, -0.2) is 31.0 Å². The number of alkyl halides is 3. The Kier molecular flexibility index (Phi) is 5.84. The number of pyridine rings is 1. The molecule has 0 aliphatic heterocycles. The minimum atomic E-state index is -4.91. The van der Waals surface area contributed by atoms with Gasteiger partial charge in [0.1, 0.15) is 0 Å². The zero-order valence-corrected chi connectivity index (χ0v) is 12.7. The molecule has 0 fully saturated rings. The molecule has 1 aromatic heterocycles. The standard InChI is InChI=1S/C11H11F3INO4/c1-3-19-9(17)4-6-7(15)5-8(18-2)16-10(6)20-11(12,13)14/h5H,3-4H2,1-2H3. The van der Waals surface area contributed by atoms with Gasteiger partial charge in [0.05, 0.1) is 20.1 Å². The molecule has 0 aliphatic rings. The van der Waals surface area contributed by atoms with E-state index in [4.69, 9.17) is 9.47 Å². The largest absolute Gasteiger partial charge is 0.574 e. The lowest BCUT2D eigenvalue weighted by molar-refractivity contribution is -0.276. The molecule has 0 atom stereocenters. The van der Waals surface area contributed by atoms with Crippen molar-refractivity contribution in [2.75, 3.05) is 13.7 Å². The van der Waals surface area contributed by atoms with Crippen molar-refractivity contribution < 1.29 is 32.2 Å². The average molecular weight is 405 g/mol. The summed E-state index contributed by atoms with van der Waals surface area (Å²) < 4.78 is 50.7. The van der Waals surface area contributed by atoms with Gasteiger partial charge < -0.3 is 14.2 Å². The Hall–Kier alpha value is -1.26. The smallest absolute Gasteiger partial charge is 0.481 e. The number of nitrogens with zero attached hydrogens (tertiary/aromatic N) is 1. The van der Waals surface area contributed by atoms with Gasteiger partial charge in [0, 0.05) is 15.2 Å². The Labute approximate surface area is 126 Å². The van der Waals surface area contributed by atoms with Crippen molar-refractivity contribution in [1.29, 1.82) is 0 Å². The van der Waals surface area contributed by atoms with Gasteiger partial charge in [-0.15, -0.1) is 13.2 Å². The fourth-order valence-corrected chi connectivity index (χ4v) is 2.00. The van der Waals surface area contributed by atoms with E-state index in [-0.39, 0.29) is 24.5 Å². The maximum Gasteiger partial charge on any atom is 0.574 e. The summed E-state index contributed by atoms with van der Waals surface area (Å²) in [5, 5.41) is 0. The molecule has 0 N–H and O–H groups in total. The lowest BCUT2D eigenvalue weighted by atomic mass is 10.2. The van der Waals surface area contributed by atoms with E-state index in [9.17, 15) is 18.0 Å². The second-order valence-corrected chi connectivity index (χ2v) is 4.62. The highest BCUT2D eigenvalue weighted by molar-refractivity contribution is 14.1. The maximum absolute atomic E-state index is 12.4. The molecule has 0 saturated carbocycles. The third-order valence-electron chi connectivity index (χ3n) is 2.06. The van der Waals surface area contributed by atoms with Crippen molar-refractivity contribution in [2.45, 2.75) is 19.7 Å². The molecule has 1 rings (SSSR count). The first-order valence-corrected chi connectivity index (χ1v) is 6.49. The molecule has 1 heterocycles. The first kappa shape index (κ1) is 16.8. The van der Waals surface area contributed by atoms with Gasteiger partial charge in [-0.3, -0.25) is 4.79 Å². The molecule has 0 bridgehead atoms. The average Bonchev–Trinajstić information content (AvgIpc) is 2.31. The monoisotopic (exact) mass is 405 g/mol. The van der Waals surface area contributed by atoms with E-state index >= 15 is 0 Å². The van der Waals surface area contributed by atoms with Crippen LogP contribution < -0.4 is 9.47 Å². The zero-order chi connectivity index (χ0) is 15.3. The number of esters is 1. The minimum absolute atomic E-state index is 0.00201. The number of carbonyl (C=O) groups excluding carboxylic acids is 1. The predicted octanol–water partition coefficient (Wildman–Crippen LogP) is 2.70. The molecule has 9 heteroatoms. The van der Waals surface area contributed by atoms with E-state index < -0.39 is 18.2 Å². The number of carbonyl (C=O) groups is 1. The predicted molar refractivity (Wildman–Crippen MR) is 70.5 cm³/mol. The van der Waals surface area contributed by atoms with Crippen molar-refractivity contribution in [3.05, 3.63) is 15.2 Å². The first-order valence-electron chi connectivity index (χ1n) is 5.41. The number of hydrogen-bond acceptors (Lipinski definition) is 5. The summed E-state index contributed by atoms with van der Waals surface area (Å²) in [5.41, 5.74) is 0.00201. The Morgan fingerprint density at radius 1 is 1.45 bits per heavy atom. The summed E-state index contributed by atoms with van der Waals surface area (Å²) in [7, 11) is 1.26. The van der Waals surface area contributed by atoms with Crippen LogP contribution in [0, 0.1) is 3.57 Å². The molecule has 0 radical (unpaired) electrons. The van der Waals surface area contributed by atoms with Crippen LogP contribution in [0.2, 0.25) is 0 Å². The minimum Gasteiger partial charge on any atom is -0.481 e. The molecule has 1 aromatic rings. The van der Waals surface area contributed by atoms with Gasteiger partial charge in [-0.25, -0.2) is 0 Å². The second-order valence-electron chi connectivity index (χ2n) is 3.46. The highest BCUT2D eigenvalue weighted by Crippen LogP contribution is 2.31. The molecule has 5 nitrogen and oxygen atoms in total. The maximum atomic E-state index is 12.4. The topological polar surface area (TPSA) is 57.7 Å². The van der Waals surface area contributed by atoms with Gasteiger partial charge in [-0.2, -0.15) is 4.98 Å². The summed E-state index contributed by atoms with van der Waals surface area (Å²) in [6.45, 7) is 1.73. The fourth-order valence-electron chi connectivity index (χ4n) is 1.31. The SMILES string of the molecule is CCOC(=O)Cc1c(I)cc(OC)nc1OC(F)(F)F. The van der Waals surface area contributed by atoms with E-state index in [0.717, 1.165) is 0 Å². The van der Waals surface area contributed by atoms with E-state index in [1.165, 1.54) is 13.2 Å². The van der Waals surface area contributed by atoms with Gasteiger partial charge in [0.25, 0.3) is 0 Å². The number of hydrogen-bond donors (Lipinski definition) is 0. The van der Waals surface area contributed by atoms with Gasteiger partial charge in [-0.1, -0.05) is 0 Å². The molecule has 0 aromatic carbocycles. The molecule has 0 aliphatic carbocycles. The molecule has 0 spiro atoms. The van der Waals surface area contributed by atoms with E-state index in [1.54, 1.807) is 29.5 Å². The van der Waals surface area contributed by atoms with Crippen LogP contribution in [-0.2, 0) is 16.0 Å². The van der Waals surface area contributed by atoms with Crippen LogP contribution in [0.5, 0.6) is 11.8 Å². The van der Waals surface area contributed by atoms with Crippen molar-refractivity contribution in [3.63, 3.8) is 0 Å². The zero-order valence-electron chi connectivity index (χ0n) is 10.6. The number of halogens is 4. The van der Waals surface area contributed by atoms with E-state index in [0.29, 0.717) is 3.57 Å². The molecule has 0 unspecified atom stereocenters. The molecular formula is C11H11F3INO4. The second kappa shape index (κ2) is 6.95. The highest BCUT2D eigenvalue weighted by atomic mass is 127. The number of methoxy groups -OCH3 is 1. The van der Waals surface area contributed by atoms with Crippen LogP contribution >= 0.6 is 22.6 Å². The van der Waals surface area contributed by atoms with Crippen LogP contribution in [0.15, 0.2) is 6.07 Å². The lowest BCUT2D eigenvalue weighted by Gasteiger charge is -2.14. The fraction of sp³-hybridized carbons (Fsp3) is 0.455. The van der Waals surface area contributed by atoms with Gasteiger partial charge >= 0.3 is 12.3 Å². The first-order chi connectivity index (χ1) is 9.26. The van der Waals surface area contributed by atoms with Crippen LogP contribution in [0.4, 0.5) is 13.2 Å². The number of aromatic nitrogens is 1. The highest BCUT2D eigenvalue weighted by Gasteiger charge is 2.34. The van der Waals surface area contributed by atoms with Crippen molar-refractivity contribution in [1.82, 2.24) is 4.98 Å². The van der Waals surface area contributed by atoms with E-state index in [2.05, 4.69) is 9.72 Å². The molecule has 112 valence electrons. The van der Waals surface area contributed by atoms with Gasteiger partial charge in [0.15, 0.2) is 0 Å². The normalized spacial score (nSPS) is 11.1. The Morgan fingerprint density at radius 3 is 2.60 bits per heavy atom.